The van der Waals surface area contributed by atoms with Gasteiger partial charge in [0.15, 0.2) is 0 Å². The molecule has 0 spiro atoms. The van der Waals surface area contributed by atoms with Crippen LogP contribution in [-0.4, -0.2) is 17.0 Å². The maximum Gasteiger partial charge on any atom is 0.144 e. The molecule has 1 aromatic heterocycles. The van der Waals surface area contributed by atoms with Gasteiger partial charge in [0.1, 0.15) is 11.6 Å². The first kappa shape index (κ1) is 16.0. The highest BCUT2D eigenvalue weighted by Gasteiger charge is 2.11. The summed E-state index contributed by atoms with van der Waals surface area (Å²) in [6.45, 7) is 6.41. The molecule has 1 N–H and O–H groups in total. The summed E-state index contributed by atoms with van der Waals surface area (Å²) < 4.78 is 0.982. The summed E-state index contributed by atoms with van der Waals surface area (Å²) in [6, 6.07) is 6.60. The molecule has 0 aliphatic rings. The van der Waals surface area contributed by atoms with E-state index in [4.69, 9.17) is 4.98 Å². The minimum absolute atomic E-state index is 0.765. The Labute approximate surface area is 135 Å². The second-order valence-corrected chi connectivity index (χ2v) is 6.21. The van der Waals surface area contributed by atoms with Crippen LogP contribution in [0.15, 0.2) is 22.7 Å². The molecule has 0 fully saturated rings. The number of nitrogens with one attached hydrogen (secondary N) is 1. The standard InChI is InChI=1S/C17H22BrN3/c1-5-6-14-16(18)17(19-4)21-15(20-14)10-13-8-11(2)7-12(3)9-13/h7-9H,5-6,10H2,1-4H3,(H,19,20,21). The van der Waals surface area contributed by atoms with Gasteiger partial charge in [0.25, 0.3) is 0 Å². The molecule has 0 aliphatic heterocycles. The SMILES string of the molecule is CCCc1nc(Cc2cc(C)cc(C)c2)nc(NC)c1Br. The van der Waals surface area contributed by atoms with Crippen molar-refractivity contribution < 1.29 is 0 Å². The number of aryl methyl sites for hydroxylation is 3. The molecule has 0 amide bonds. The number of halogens is 1. The van der Waals surface area contributed by atoms with Crippen molar-refractivity contribution in [2.24, 2.45) is 0 Å². The zero-order valence-electron chi connectivity index (χ0n) is 13.1. The Balaban J connectivity index is 2.36. The van der Waals surface area contributed by atoms with Gasteiger partial charge < -0.3 is 5.32 Å². The van der Waals surface area contributed by atoms with Gasteiger partial charge in [0, 0.05) is 13.5 Å². The highest BCUT2D eigenvalue weighted by atomic mass is 79.9. The van der Waals surface area contributed by atoms with Gasteiger partial charge in [0.05, 0.1) is 10.2 Å². The summed E-state index contributed by atoms with van der Waals surface area (Å²) in [5.41, 5.74) is 4.91. The van der Waals surface area contributed by atoms with Gasteiger partial charge >= 0.3 is 0 Å². The highest BCUT2D eigenvalue weighted by Crippen LogP contribution is 2.25. The molecule has 1 aromatic carbocycles. The maximum absolute atomic E-state index is 4.73. The number of aromatic nitrogens is 2. The molecule has 0 atom stereocenters. The summed E-state index contributed by atoms with van der Waals surface area (Å²) in [7, 11) is 1.89. The molecule has 0 radical (unpaired) electrons. The summed E-state index contributed by atoms with van der Waals surface area (Å²) >= 11 is 3.60. The Morgan fingerprint density at radius 3 is 2.33 bits per heavy atom. The maximum atomic E-state index is 4.73. The Morgan fingerprint density at radius 2 is 1.76 bits per heavy atom. The Hall–Kier alpha value is -1.42. The van der Waals surface area contributed by atoms with E-state index in [1.165, 1.54) is 16.7 Å². The third-order valence-corrected chi connectivity index (χ3v) is 4.17. The molecule has 0 bridgehead atoms. The number of hydrogen-bond acceptors (Lipinski definition) is 3. The van der Waals surface area contributed by atoms with Crippen LogP contribution in [0.3, 0.4) is 0 Å². The zero-order valence-corrected chi connectivity index (χ0v) is 14.7. The van der Waals surface area contributed by atoms with Crippen molar-refractivity contribution in [2.45, 2.75) is 40.0 Å². The van der Waals surface area contributed by atoms with E-state index in [-0.39, 0.29) is 0 Å². The van der Waals surface area contributed by atoms with Gasteiger partial charge in [0.2, 0.25) is 0 Å². The third kappa shape index (κ3) is 4.03. The first-order valence-electron chi connectivity index (χ1n) is 7.33. The second kappa shape index (κ2) is 7.03. The molecule has 0 unspecified atom stereocenters. The van der Waals surface area contributed by atoms with Gasteiger partial charge in [-0.15, -0.1) is 0 Å². The smallest absolute Gasteiger partial charge is 0.144 e. The Kier molecular flexibility index (Phi) is 5.34. The minimum Gasteiger partial charge on any atom is -0.372 e. The van der Waals surface area contributed by atoms with Crippen molar-refractivity contribution in [2.75, 3.05) is 12.4 Å². The number of benzene rings is 1. The topological polar surface area (TPSA) is 37.8 Å². The van der Waals surface area contributed by atoms with Crippen molar-refractivity contribution in [3.63, 3.8) is 0 Å². The van der Waals surface area contributed by atoms with Crippen LogP contribution in [0.2, 0.25) is 0 Å². The lowest BCUT2D eigenvalue weighted by atomic mass is 10.0. The minimum atomic E-state index is 0.765. The van der Waals surface area contributed by atoms with Gasteiger partial charge in [-0.25, -0.2) is 9.97 Å². The van der Waals surface area contributed by atoms with E-state index in [2.05, 4.69) is 65.2 Å². The van der Waals surface area contributed by atoms with E-state index in [9.17, 15) is 0 Å². The average Bonchev–Trinajstić information content (AvgIpc) is 2.41. The van der Waals surface area contributed by atoms with Crippen LogP contribution in [-0.2, 0) is 12.8 Å². The highest BCUT2D eigenvalue weighted by molar-refractivity contribution is 9.10. The monoisotopic (exact) mass is 347 g/mol. The largest absolute Gasteiger partial charge is 0.372 e. The van der Waals surface area contributed by atoms with E-state index in [0.717, 1.165) is 41.1 Å². The predicted octanol–water partition coefficient (Wildman–Crippen LogP) is 4.44. The van der Waals surface area contributed by atoms with Crippen LogP contribution in [0.25, 0.3) is 0 Å². The molecule has 112 valence electrons. The van der Waals surface area contributed by atoms with Gasteiger partial charge in [-0.1, -0.05) is 42.7 Å². The lowest BCUT2D eigenvalue weighted by Crippen LogP contribution is -2.06. The van der Waals surface area contributed by atoms with E-state index < -0.39 is 0 Å². The van der Waals surface area contributed by atoms with Crippen LogP contribution in [0.5, 0.6) is 0 Å². The zero-order chi connectivity index (χ0) is 15.4. The molecule has 3 nitrogen and oxygen atoms in total. The second-order valence-electron chi connectivity index (χ2n) is 5.42. The van der Waals surface area contributed by atoms with Gasteiger partial charge in [-0.3, -0.25) is 0 Å². The van der Waals surface area contributed by atoms with Crippen molar-refractivity contribution in [1.29, 1.82) is 0 Å². The number of rotatable bonds is 5. The van der Waals surface area contributed by atoms with E-state index in [0.29, 0.717) is 0 Å². The lowest BCUT2D eigenvalue weighted by molar-refractivity contribution is 0.835. The normalized spacial score (nSPS) is 10.7. The first-order valence-corrected chi connectivity index (χ1v) is 8.13. The molecule has 0 saturated heterocycles. The molecule has 2 aromatic rings. The van der Waals surface area contributed by atoms with Crippen molar-refractivity contribution in [3.8, 4) is 0 Å². The van der Waals surface area contributed by atoms with Gasteiger partial charge in [-0.05, 0) is 41.8 Å². The molecule has 0 saturated carbocycles. The van der Waals surface area contributed by atoms with Crippen LogP contribution in [0, 0.1) is 13.8 Å². The third-order valence-electron chi connectivity index (χ3n) is 3.33. The Morgan fingerprint density at radius 1 is 1.10 bits per heavy atom. The quantitative estimate of drug-likeness (QED) is 0.868. The van der Waals surface area contributed by atoms with Gasteiger partial charge in [-0.2, -0.15) is 0 Å². The van der Waals surface area contributed by atoms with Crippen molar-refractivity contribution >= 4 is 21.7 Å². The molecule has 21 heavy (non-hydrogen) atoms. The molecule has 4 heteroatoms. The molecule has 1 heterocycles. The van der Waals surface area contributed by atoms with Crippen LogP contribution >= 0.6 is 15.9 Å². The average molecular weight is 348 g/mol. The number of hydrogen-bond donors (Lipinski definition) is 1. The Bertz CT molecular complexity index is 618. The fourth-order valence-electron chi connectivity index (χ4n) is 2.55. The van der Waals surface area contributed by atoms with Crippen LogP contribution in [0.1, 0.15) is 41.6 Å². The summed E-state index contributed by atoms with van der Waals surface area (Å²) in [4.78, 5) is 9.35. The van der Waals surface area contributed by atoms with Crippen molar-refractivity contribution in [3.05, 3.63) is 50.9 Å². The molecular formula is C17H22BrN3. The fourth-order valence-corrected chi connectivity index (χ4v) is 3.12. The van der Waals surface area contributed by atoms with E-state index in [1.807, 2.05) is 7.05 Å². The fraction of sp³-hybridized carbons (Fsp3) is 0.412. The van der Waals surface area contributed by atoms with E-state index >= 15 is 0 Å². The first-order chi connectivity index (χ1) is 10.0. The van der Waals surface area contributed by atoms with Crippen molar-refractivity contribution in [1.82, 2.24) is 9.97 Å². The van der Waals surface area contributed by atoms with Crippen LogP contribution < -0.4 is 5.32 Å². The molecule has 2 rings (SSSR count). The van der Waals surface area contributed by atoms with E-state index in [1.54, 1.807) is 0 Å². The summed E-state index contributed by atoms with van der Waals surface area (Å²) in [5.74, 6) is 1.74. The number of nitrogens with zero attached hydrogens (tertiary/aromatic N) is 2. The summed E-state index contributed by atoms with van der Waals surface area (Å²) in [5, 5.41) is 3.15. The van der Waals surface area contributed by atoms with Crippen LogP contribution in [0.4, 0.5) is 5.82 Å². The number of anilines is 1. The summed E-state index contributed by atoms with van der Waals surface area (Å²) in [6.07, 6.45) is 2.79. The molecule has 0 aliphatic carbocycles. The lowest BCUT2D eigenvalue weighted by Gasteiger charge is -2.11. The molecular weight excluding hydrogens is 326 g/mol. The predicted molar refractivity (Wildman–Crippen MR) is 92.0 cm³/mol.